The van der Waals surface area contributed by atoms with E-state index in [2.05, 4.69) is 45.2 Å². The van der Waals surface area contributed by atoms with Crippen LogP contribution in [0.15, 0.2) is 24.3 Å². The Morgan fingerprint density at radius 3 is 1.57 bits per heavy atom. The molecular weight excluding hydrogens is 665 g/mol. The van der Waals surface area contributed by atoms with E-state index in [1.54, 1.807) is 0 Å². The molecule has 0 aromatic carbocycles. The maximum atomic E-state index is 13.2. The average Bonchev–Trinajstić information content (AvgIpc) is 3.12. The maximum absolute atomic E-state index is 13.2. The summed E-state index contributed by atoms with van der Waals surface area (Å²) in [6, 6.07) is 0. The predicted molar refractivity (Wildman–Crippen MR) is 221 cm³/mol. The lowest BCUT2D eigenvalue weighted by Gasteiger charge is -2.28. The van der Waals surface area contributed by atoms with Crippen molar-refractivity contribution in [3.8, 4) is 0 Å². The van der Waals surface area contributed by atoms with Gasteiger partial charge in [0.2, 0.25) is 0 Å². The topological polar surface area (TPSA) is 117 Å². The summed E-state index contributed by atoms with van der Waals surface area (Å²) in [6.45, 7) is 12.9. The van der Waals surface area contributed by atoms with Gasteiger partial charge in [0, 0.05) is 19.5 Å². The fourth-order valence-electron chi connectivity index (χ4n) is 6.61. The van der Waals surface area contributed by atoms with Crippen LogP contribution in [0.2, 0.25) is 0 Å². The molecule has 0 fully saturated rings. The van der Waals surface area contributed by atoms with Gasteiger partial charge in [0.15, 0.2) is 0 Å². The highest BCUT2D eigenvalue weighted by molar-refractivity contribution is 5.72. The van der Waals surface area contributed by atoms with Crippen molar-refractivity contribution in [1.29, 1.82) is 0 Å². The molecule has 1 unspecified atom stereocenters. The Hall–Kier alpha value is -2.19. The molecule has 310 valence electrons. The fourth-order valence-corrected chi connectivity index (χ4v) is 6.61. The summed E-state index contributed by atoms with van der Waals surface area (Å²) in [6.07, 6.45) is 34.5. The number of ether oxygens (including phenoxy) is 3. The molecule has 0 aromatic heterocycles. The Bertz CT molecular complexity index is 882. The lowest BCUT2D eigenvalue weighted by Crippen LogP contribution is -2.30. The molecule has 0 spiro atoms. The highest BCUT2D eigenvalue weighted by Gasteiger charge is 2.27. The molecule has 0 heterocycles. The zero-order valence-corrected chi connectivity index (χ0v) is 35.2. The number of nitrogens with one attached hydrogen (secondary N) is 1. The fraction of sp³-hybridized carbons (Fsp3) is 0.844. The van der Waals surface area contributed by atoms with Gasteiger partial charge in [-0.2, -0.15) is 0 Å². The van der Waals surface area contributed by atoms with E-state index in [4.69, 9.17) is 19.9 Å². The maximum Gasteiger partial charge on any atom is 0.308 e. The Balaban J connectivity index is 4.48. The second-order valence-electron chi connectivity index (χ2n) is 15.9. The van der Waals surface area contributed by atoms with Crippen molar-refractivity contribution in [3.05, 3.63) is 24.3 Å². The molecule has 0 bridgehead atoms. The summed E-state index contributed by atoms with van der Waals surface area (Å²) in [5.74, 6) is -0.481. The minimum Gasteiger partial charge on any atom is -0.462 e. The molecule has 0 aliphatic rings. The van der Waals surface area contributed by atoms with Crippen LogP contribution < -0.4 is 11.1 Å². The first-order chi connectivity index (χ1) is 25.6. The van der Waals surface area contributed by atoms with E-state index in [1.165, 1.54) is 51.4 Å². The summed E-state index contributed by atoms with van der Waals surface area (Å²) in [7, 11) is 0. The highest BCUT2D eigenvalue weighted by Crippen LogP contribution is 2.30. The molecule has 3 N–H and O–H groups in total. The number of nitrogens with two attached hydrogens (primary N) is 1. The SMILES string of the molecule is CCCCCC/C=C\COC(=O)CCCCCCCC(CCCCCCCC(=O)OC/C=C\CCCCCC)OC(=O)C(C)CC(C)(C)CCNCN. The van der Waals surface area contributed by atoms with Crippen molar-refractivity contribution in [1.82, 2.24) is 5.32 Å². The Morgan fingerprint density at radius 2 is 1.09 bits per heavy atom. The van der Waals surface area contributed by atoms with Crippen LogP contribution in [-0.2, 0) is 28.6 Å². The number of carbonyl (C=O) groups excluding carboxylic acids is 3. The van der Waals surface area contributed by atoms with Crippen LogP contribution >= 0.6 is 0 Å². The first-order valence-corrected chi connectivity index (χ1v) is 21.9. The van der Waals surface area contributed by atoms with Gasteiger partial charge in [-0.25, -0.2) is 0 Å². The van der Waals surface area contributed by atoms with Crippen LogP contribution in [0.5, 0.6) is 0 Å². The number of esters is 3. The van der Waals surface area contributed by atoms with Crippen LogP contribution in [0, 0.1) is 11.3 Å². The number of hydrogen-bond donors (Lipinski definition) is 2. The van der Waals surface area contributed by atoms with Gasteiger partial charge >= 0.3 is 17.9 Å². The number of hydrogen-bond acceptors (Lipinski definition) is 8. The number of unbranched alkanes of at least 4 members (excludes halogenated alkanes) is 16. The first-order valence-electron chi connectivity index (χ1n) is 21.9. The van der Waals surface area contributed by atoms with Crippen LogP contribution in [0.1, 0.15) is 202 Å². The lowest BCUT2D eigenvalue weighted by atomic mass is 9.80. The lowest BCUT2D eigenvalue weighted by molar-refractivity contribution is -0.155. The second kappa shape index (κ2) is 36.8. The van der Waals surface area contributed by atoms with Gasteiger partial charge < -0.3 is 25.3 Å². The molecule has 8 heteroatoms. The van der Waals surface area contributed by atoms with Crippen molar-refractivity contribution in [2.45, 2.75) is 208 Å². The van der Waals surface area contributed by atoms with E-state index in [9.17, 15) is 14.4 Å². The molecular formula is C45H84N2O6. The summed E-state index contributed by atoms with van der Waals surface area (Å²) in [5.41, 5.74) is 5.60. The largest absolute Gasteiger partial charge is 0.462 e. The minimum atomic E-state index is -0.160. The summed E-state index contributed by atoms with van der Waals surface area (Å²) in [5, 5.41) is 3.18. The van der Waals surface area contributed by atoms with E-state index in [0.29, 0.717) is 32.7 Å². The molecule has 0 aromatic rings. The molecule has 0 saturated carbocycles. The standard InChI is InChI=1S/C45H84N2O6/c1-6-8-10-12-14-22-28-36-51-42(48)32-26-20-16-18-24-30-41(53-44(50)40(3)38-45(4,5)34-35-47-39-46)31-25-19-17-21-27-33-43(49)52-37-29-23-15-13-11-9-7-2/h22-23,28-29,40-41,47H,6-21,24-27,30-39,46H2,1-5H3/b28-22-,29-23-. The molecule has 0 aliphatic heterocycles. The zero-order chi connectivity index (χ0) is 39.3. The smallest absolute Gasteiger partial charge is 0.308 e. The number of carbonyl (C=O) groups is 3. The van der Waals surface area contributed by atoms with Gasteiger partial charge in [0.05, 0.1) is 5.92 Å². The molecule has 0 rings (SSSR count). The Morgan fingerprint density at radius 1 is 0.642 bits per heavy atom. The number of rotatable bonds is 38. The van der Waals surface area contributed by atoms with Crippen LogP contribution in [0.3, 0.4) is 0 Å². The molecule has 0 amide bonds. The normalized spacial score (nSPS) is 12.6. The van der Waals surface area contributed by atoms with Crippen LogP contribution in [-0.4, -0.2) is 50.4 Å². The summed E-state index contributed by atoms with van der Waals surface area (Å²) >= 11 is 0. The van der Waals surface area contributed by atoms with Gasteiger partial charge in [0.1, 0.15) is 19.3 Å². The van der Waals surface area contributed by atoms with E-state index >= 15 is 0 Å². The van der Waals surface area contributed by atoms with Gasteiger partial charge in [-0.05, 0) is 89.0 Å². The van der Waals surface area contributed by atoms with Crippen molar-refractivity contribution in [3.63, 3.8) is 0 Å². The minimum absolute atomic E-state index is 0.0180. The second-order valence-corrected chi connectivity index (χ2v) is 15.9. The van der Waals surface area contributed by atoms with Crippen molar-refractivity contribution < 1.29 is 28.6 Å². The van der Waals surface area contributed by atoms with Crippen LogP contribution in [0.25, 0.3) is 0 Å². The molecule has 0 radical (unpaired) electrons. The van der Waals surface area contributed by atoms with E-state index in [1.807, 2.05) is 19.1 Å². The quantitative estimate of drug-likeness (QED) is 0.0211. The van der Waals surface area contributed by atoms with Crippen LogP contribution in [0.4, 0.5) is 0 Å². The third-order valence-corrected chi connectivity index (χ3v) is 9.94. The van der Waals surface area contributed by atoms with Crippen molar-refractivity contribution >= 4 is 17.9 Å². The molecule has 0 saturated heterocycles. The zero-order valence-electron chi connectivity index (χ0n) is 35.2. The number of allylic oxidation sites excluding steroid dienone is 2. The van der Waals surface area contributed by atoms with E-state index < -0.39 is 0 Å². The van der Waals surface area contributed by atoms with Crippen molar-refractivity contribution in [2.24, 2.45) is 17.1 Å². The van der Waals surface area contributed by atoms with Crippen molar-refractivity contribution in [2.75, 3.05) is 26.4 Å². The third kappa shape index (κ3) is 35.3. The Kier molecular flexibility index (Phi) is 35.2. The van der Waals surface area contributed by atoms with E-state index in [0.717, 1.165) is 109 Å². The Labute approximate surface area is 326 Å². The summed E-state index contributed by atoms with van der Waals surface area (Å²) < 4.78 is 16.8. The third-order valence-electron chi connectivity index (χ3n) is 9.94. The van der Waals surface area contributed by atoms with Gasteiger partial charge in [0.25, 0.3) is 0 Å². The molecule has 53 heavy (non-hydrogen) atoms. The monoisotopic (exact) mass is 749 g/mol. The van der Waals surface area contributed by atoms with E-state index in [-0.39, 0.29) is 35.3 Å². The molecule has 1 atom stereocenters. The summed E-state index contributed by atoms with van der Waals surface area (Å²) in [4.78, 5) is 37.4. The average molecular weight is 749 g/mol. The van der Waals surface area contributed by atoms with Gasteiger partial charge in [-0.1, -0.05) is 136 Å². The molecule has 8 nitrogen and oxygen atoms in total. The van der Waals surface area contributed by atoms with Gasteiger partial charge in [-0.15, -0.1) is 0 Å². The van der Waals surface area contributed by atoms with Gasteiger partial charge in [-0.3, -0.25) is 14.4 Å². The molecule has 0 aliphatic carbocycles. The highest BCUT2D eigenvalue weighted by atomic mass is 16.5. The predicted octanol–water partition coefficient (Wildman–Crippen LogP) is 11.4. The first kappa shape index (κ1) is 50.8.